The molecule has 2 saturated heterocycles. The summed E-state index contributed by atoms with van der Waals surface area (Å²) in [6.45, 7) is 9.01. The van der Waals surface area contributed by atoms with Crippen LogP contribution in [0.2, 0.25) is 0 Å². The van der Waals surface area contributed by atoms with Crippen molar-refractivity contribution in [1.82, 2.24) is 34.2 Å². The van der Waals surface area contributed by atoms with Crippen LogP contribution in [-0.4, -0.2) is 66.0 Å². The lowest BCUT2D eigenvalue weighted by Crippen LogP contribution is -2.57. The van der Waals surface area contributed by atoms with Crippen LogP contribution in [0.3, 0.4) is 0 Å². The summed E-state index contributed by atoms with van der Waals surface area (Å²) in [6.07, 6.45) is 8.42. The first kappa shape index (κ1) is 24.0. The zero-order chi connectivity index (χ0) is 25.7. The number of nitrogens with zero attached hydrogens (tertiary/aromatic N) is 8. The Hall–Kier alpha value is -3.37. The number of anilines is 1. The quantitative estimate of drug-likeness (QED) is 0.419. The molecule has 10 heteroatoms. The maximum Gasteiger partial charge on any atom is 0.349 e. The normalized spacial score (nSPS) is 24.1. The van der Waals surface area contributed by atoms with Gasteiger partial charge >= 0.3 is 5.69 Å². The summed E-state index contributed by atoms with van der Waals surface area (Å²) < 4.78 is 9.42. The number of hydrogen-bond acceptors (Lipinski definition) is 8. The minimum absolute atomic E-state index is 0.0928. The van der Waals surface area contributed by atoms with Crippen molar-refractivity contribution in [3.63, 3.8) is 0 Å². The first-order valence-electron chi connectivity index (χ1n) is 13.2. The molecule has 1 aromatic carbocycles. The molecule has 0 radical (unpaired) electrons. The highest BCUT2D eigenvalue weighted by molar-refractivity contribution is 5.85. The fourth-order valence-corrected chi connectivity index (χ4v) is 5.81. The van der Waals surface area contributed by atoms with Crippen molar-refractivity contribution >= 4 is 27.9 Å². The topological polar surface area (TPSA) is 94.2 Å². The van der Waals surface area contributed by atoms with Crippen LogP contribution >= 0.6 is 0 Å². The van der Waals surface area contributed by atoms with Gasteiger partial charge in [-0.1, -0.05) is 6.07 Å². The van der Waals surface area contributed by atoms with Gasteiger partial charge in [0.1, 0.15) is 6.23 Å². The van der Waals surface area contributed by atoms with Crippen LogP contribution in [0.5, 0.6) is 0 Å². The molecule has 0 saturated carbocycles. The molecule has 2 aliphatic rings. The summed E-state index contributed by atoms with van der Waals surface area (Å²) in [5, 5.41) is 4.90. The van der Waals surface area contributed by atoms with Crippen LogP contribution in [0.15, 0.2) is 41.6 Å². The Morgan fingerprint density at radius 3 is 2.65 bits per heavy atom. The van der Waals surface area contributed by atoms with E-state index in [1.807, 2.05) is 16.9 Å². The third-order valence-corrected chi connectivity index (χ3v) is 8.00. The molecule has 10 nitrogen and oxygen atoms in total. The first-order valence-corrected chi connectivity index (χ1v) is 13.2. The third-order valence-electron chi connectivity index (χ3n) is 8.00. The number of aromatic nitrogens is 6. The Kier molecular flexibility index (Phi) is 6.16. The maximum absolute atomic E-state index is 12.9. The van der Waals surface area contributed by atoms with Crippen LogP contribution < -0.4 is 10.6 Å². The lowest BCUT2D eigenvalue weighted by atomic mass is 10.00. The van der Waals surface area contributed by atoms with Crippen LogP contribution in [-0.2, 0) is 11.8 Å². The molecule has 3 aromatic heterocycles. The molecular weight excluding hydrogens is 468 g/mol. The number of aryl methyl sites for hydroxylation is 1. The summed E-state index contributed by atoms with van der Waals surface area (Å²) >= 11 is 0. The summed E-state index contributed by atoms with van der Waals surface area (Å²) in [5.74, 6) is 0.667. The smallest absolute Gasteiger partial charge is 0.349 e. The Bertz CT molecular complexity index is 1490. The summed E-state index contributed by atoms with van der Waals surface area (Å²) in [6, 6.07) is 6.95. The average molecular weight is 503 g/mol. The molecule has 4 aromatic rings. The van der Waals surface area contributed by atoms with E-state index in [1.54, 1.807) is 24.0 Å². The molecule has 2 aliphatic heterocycles. The lowest BCUT2D eigenvalue weighted by Gasteiger charge is -2.47. The minimum Gasteiger partial charge on any atom is -0.357 e. The second-order valence-electron chi connectivity index (χ2n) is 10.5. The van der Waals surface area contributed by atoms with E-state index >= 15 is 0 Å². The fourth-order valence-electron chi connectivity index (χ4n) is 5.81. The van der Waals surface area contributed by atoms with Crippen molar-refractivity contribution in [3.05, 3.63) is 52.8 Å². The molecule has 0 N–H and O–H groups in total. The number of ether oxygens (including phenoxy) is 1. The SMILES string of the molecule is C[C@@H]1CN(c2nc(=O)n(C)c3cn(C4CCCCO4)nc23)[C@@H](C)CN1[C@H](C)c1ccc2nccnc2c1. The number of benzene rings is 1. The molecule has 5 heterocycles. The Morgan fingerprint density at radius 2 is 1.86 bits per heavy atom. The van der Waals surface area contributed by atoms with E-state index in [-0.39, 0.29) is 30.0 Å². The zero-order valence-electron chi connectivity index (χ0n) is 21.9. The number of hydrogen-bond donors (Lipinski definition) is 0. The first-order chi connectivity index (χ1) is 17.9. The molecule has 0 amide bonds. The average Bonchev–Trinajstić information content (AvgIpc) is 3.38. The summed E-state index contributed by atoms with van der Waals surface area (Å²) in [4.78, 5) is 31.0. The van der Waals surface area contributed by atoms with Gasteiger partial charge in [0.05, 0.1) is 22.7 Å². The standard InChI is InChI=1S/C27H34N8O2/c1-17-15-34(18(2)14-33(17)19(3)20-8-9-21-22(13-20)29-11-10-28-21)26-25-23(32(4)27(36)30-26)16-35(31-25)24-7-5-6-12-37-24/h8-11,13,16-19,24H,5-7,12,14-15H2,1-4H3/t17-,18+,19-,24?/m1/s1. The third kappa shape index (κ3) is 4.27. The van der Waals surface area contributed by atoms with Crippen LogP contribution in [0, 0.1) is 0 Å². The molecule has 4 atom stereocenters. The van der Waals surface area contributed by atoms with Gasteiger partial charge in [-0.15, -0.1) is 0 Å². The van der Waals surface area contributed by atoms with E-state index < -0.39 is 0 Å². The van der Waals surface area contributed by atoms with Crippen molar-refractivity contribution in [2.45, 2.75) is 64.4 Å². The molecule has 1 unspecified atom stereocenters. The highest BCUT2D eigenvalue weighted by atomic mass is 16.5. The summed E-state index contributed by atoms with van der Waals surface area (Å²) in [5.41, 5.74) is 4.32. The molecule has 0 spiro atoms. The van der Waals surface area contributed by atoms with Crippen molar-refractivity contribution in [2.75, 3.05) is 24.6 Å². The monoisotopic (exact) mass is 502 g/mol. The molecule has 2 fully saturated rings. The number of piperazine rings is 1. The van der Waals surface area contributed by atoms with Gasteiger partial charge in [0.2, 0.25) is 0 Å². The van der Waals surface area contributed by atoms with Crippen molar-refractivity contribution < 1.29 is 4.74 Å². The van der Waals surface area contributed by atoms with Crippen LogP contribution in [0.4, 0.5) is 5.82 Å². The van der Waals surface area contributed by atoms with Gasteiger partial charge in [0, 0.05) is 57.3 Å². The van der Waals surface area contributed by atoms with Gasteiger partial charge in [0.25, 0.3) is 0 Å². The lowest BCUT2D eigenvalue weighted by molar-refractivity contribution is -0.0390. The largest absolute Gasteiger partial charge is 0.357 e. The van der Waals surface area contributed by atoms with E-state index in [0.29, 0.717) is 5.82 Å². The van der Waals surface area contributed by atoms with Gasteiger partial charge in [-0.05, 0) is 57.7 Å². The van der Waals surface area contributed by atoms with E-state index in [1.165, 1.54) is 5.56 Å². The maximum atomic E-state index is 12.9. The molecular formula is C27H34N8O2. The Balaban J connectivity index is 1.30. The molecule has 37 heavy (non-hydrogen) atoms. The second kappa shape index (κ2) is 9.50. The van der Waals surface area contributed by atoms with Gasteiger partial charge in [-0.3, -0.25) is 19.4 Å². The van der Waals surface area contributed by atoms with E-state index in [2.05, 4.69) is 57.7 Å². The van der Waals surface area contributed by atoms with E-state index in [9.17, 15) is 4.79 Å². The predicted molar refractivity (Wildman–Crippen MR) is 143 cm³/mol. The molecule has 194 valence electrons. The van der Waals surface area contributed by atoms with Crippen molar-refractivity contribution in [1.29, 1.82) is 0 Å². The molecule has 0 aliphatic carbocycles. The number of fused-ring (bicyclic) bond motifs is 2. The molecule has 6 rings (SSSR count). The van der Waals surface area contributed by atoms with Crippen LogP contribution in [0.25, 0.3) is 22.1 Å². The van der Waals surface area contributed by atoms with Gasteiger partial charge in [-0.25, -0.2) is 9.48 Å². The number of rotatable bonds is 4. The highest BCUT2D eigenvalue weighted by Crippen LogP contribution is 2.33. The Labute approximate surface area is 215 Å². The van der Waals surface area contributed by atoms with Crippen molar-refractivity contribution in [2.24, 2.45) is 7.05 Å². The van der Waals surface area contributed by atoms with Gasteiger partial charge in [0.15, 0.2) is 11.3 Å². The van der Waals surface area contributed by atoms with Gasteiger partial charge in [-0.2, -0.15) is 10.1 Å². The minimum atomic E-state index is -0.264. The zero-order valence-corrected chi connectivity index (χ0v) is 21.9. The van der Waals surface area contributed by atoms with Crippen molar-refractivity contribution in [3.8, 4) is 0 Å². The second-order valence-corrected chi connectivity index (χ2v) is 10.5. The highest BCUT2D eigenvalue weighted by Gasteiger charge is 2.35. The van der Waals surface area contributed by atoms with E-state index in [4.69, 9.17) is 9.84 Å². The Morgan fingerprint density at radius 1 is 1.05 bits per heavy atom. The van der Waals surface area contributed by atoms with E-state index in [0.717, 1.165) is 61.0 Å². The van der Waals surface area contributed by atoms with Gasteiger partial charge < -0.3 is 9.64 Å². The fraction of sp³-hybridized carbons (Fsp3) is 0.519. The molecule has 0 bridgehead atoms. The predicted octanol–water partition coefficient (Wildman–Crippen LogP) is 3.43. The van der Waals surface area contributed by atoms with Crippen LogP contribution in [0.1, 0.15) is 57.9 Å². The summed E-state index contributed by atoms with van der Waals surface area (Å²) in [7, 11) is 1.76.